The maximum atomic E-state index is 10.3. The van der Waals surface area contributed by atoms with Crippen LogP contribution in [0.5, 0.6) is 0 Å². The molecule has 116 valence electrons. The normalized spacial score (nSPS) is 14.1. The van der Waals surface area contributed by atoms with Gasteiger partial charge in [-0.05, 0) is 13.8 Å². The van der Waals surface area contributed by atoms with Gasteiger partial charge in [0.05, 0.1) is 11.8 Å². The van der Waals surface area contributed by atoms with Gasteiger partial charge >= 0.3 is 0 Å². The number of nitrogens with zero attached hydrogens (tertiary/aromatic N) is 3. The SMILES string of the molecule is CCNc1cn2ccnc2c(NCC(C)(O)CCOC)n1. The first-order valence-corrected chi connectivity index (χ1v) is 7.08. The van der Waals surface area contributed by atoms with E-state index < -0.39 is 5.60 Å². The van der Waals surface area contributed by atoms with Crippen LogP contribution < -0.4 is 10.6 Å². The molecule has 2 aromatic rings. The van der Waals surface area contributed by atoms with Crippen LogP contribution in [0.1, 0.15) is 20.3 Å². The molecule has 2 heterocycles. The Labute approximate surface area is 124 Å². The fraction of sp³-hybridized carbons (Fsp3) is 0.571. The molecule has 21 heavy (non-hydrogen) atoms. The number of ether oxygens (including phenoxy) is 1. The van der Waals surface area contributed by atoms with Crippen LogP contribution in [0.2, 0.25) is 0 Å². The highest BCUT2D eigenvalue weighted by Gasteiger charge is 2.20. The van der Waals surface area contributed by atoms with E-state index >= 15 is 0 Å². The maximum absolute atomic E-state index is 10.3. The van der Waals surface area contributed by atoms with Crippen LogP contribution in [0, 0.1) is 0 Å². The molecular formula is C14H23N5O2. The van der Waals surface area contributed by atoms with E-state index in [-0.39, 0.29) is 0 Å². The summed E-state index contributed by atoms with van der Waals surface area (Å²) in [4.78, 5) is 8.78. The molecular weight excluding hydrogens is 270 g/mol. The molecule has 1 atom stereocenters. The van der Waals surface area contributed by atoms with Crippen molar-refractivity contribution in [3.05, 3.63) is 18.6 Å². The number of hydrogen-bond donors (Lipinski definition) is 3. The molecule has 0 aromatic carbocycles. The Hall–Kier alpha value is -1.86. The van der Waals surface area contributed by atoms with Crippen LogP contribution in [0.25, 0.3) is 5.65 Å². The van der Waals surface area contributed by atoms with E-state index in [1.807, 2.05) is 23.7 Å². The second-order valence-electron chi connectivity index (χ2n) is 5.26. The Balaban J connectivity index is 2.15. The first kappa shape index (κ1) is 15.5. The fourth-order valence-electron chi connectivity index (χ4n) is 2.00. The molecule has 0 aliphatic heterocycles. The molecule has 0 saturated carbocycles. The number of aromatic nitrogens is 3. The summed E-state index contributed by atoms with van der Waals surface area (Å²) in [6.07, 6.45) is 6.03. The average molecular weight is 293 g/mol. The highest BCUT2D eigenvalue weighted by atomic mass is 16.5. The molecule has 2 rings (SSSR count). The highest BCUT2D eigenvalue weighted by Crippen LogP contribution is 2.18. The van der Waals surface area contributed by atoms with Gasteiger partial charge in [-0.2, -0.15) is 0 Å². The number of nitrogens with one attached hydrogen (secondary N) is 2. The largest absolute Gasteiger partial charge is 0.388 e. The van der Waals surface area contributed by atoms with Gasteiger partial charge in [0.1, 0.15) is 5.82 Å². The van der Waals surface area contributed by atoms with E-state index in [2.05, 4.69) is 20.6 Å². The van der Waals surface area contributed by atoms with E-state index in [1.54, 1.807) is 20.2 Å². The van der Waals surface area contributed by atoms with Crippen LogP contribution in [0.4, 0.5) is 11.6 Å². The summed E-state index contributed by atoms with van der Waals surface area (Å²) >= 11 is 0. The van der Waals surface area contributed by atoms with Crippen molar-refractivity contribution >= 4 is 17.3 Å². The summed E-state index contributed by atoms with van der Waals surface area (Å²) in [6.45, 7) is 5.47. The number of anilines is 2. The third-order valence-corrected chi connectivity index (χ3v) is 3.21. The maximum Gasteiger partial charge on any atom is 0.180 e. The molecule has 0 aliphatic rings. The first-order valence-electron chi connectivity index (χ1n) is 7.08. The van der Waals surface area contributed by atoms with Gasteiger partial charge in [-0.25, -0.2) is 9.97 Å². The Morgan fingerprint density at radius 2 is 2.24 bits per heavy atom. The van der Waals surface area contributed by atoms with Crippen LogP contribution in [-0.4, -0.2) is 51.9 Å². The summed E-state index contributed by atoms with van der Waals surface area (Å²) in [5.74, 6) is 1.41. The van der Waals surface area contributed by atoms with Gasteiger partial charge in [0.15, 0.2) is 11.5 Å². The summed E-state index contributed by atoms with van der Waals surface area (Å²) in [6, 6.07) is 0. The lowest BCUT2D eigenvalue weighted by molar-refractivity contribution is 0.0357. The Bertz CT molecular complexity index is 582. The van der Waals surface area contributed by atoms with Gasteiger partial charge in [0.25, 0.3) is 0 Å². The van der Waals surface area contributed by atoms with Crippen LogP contribution in [-0.2, 0) is 4.74 Å². The van der Waals surface area contributed by atoms with Crippen molar-refractivity contribution in [3.63, 3.8) is 0 Å². The second kappa shape index (κ2) is 6.73. The van der Waals surface area contributed by atoms with E-state index in [4.69, 9.17) is 4.74 Å². The first-order chi connectivity index (χ1) is 10.1. The Morgan fingerprint density at radius 3 is 2.95 bits per heavy atom. The number of fused-ring (bicyclic) bond motifs is 1. The van der Waals surface area contributed by atoms with Crippen molar-refractivity contribution in [3.8, 4) is 0 Å². The van der Waals surface area contributed by atoms with Crippen molar-refractivity contribution in [2.75, 3.05) is 37.4 Å². The standard InChI is InChI=1S/C14H23N5O2/c1-4-15-11-9-19-7-6-16-13(19)12(18-11)17-10-14(2,20)5-8-21-3/h6-7,9,15,20H,4-5,8,10H2,1-3H3,(H,17,18). The number of aliphatic hydroxyl groups is 1. The van der Waals surface area contributed by atoms with E-state index in [0.29, 0.717) is 25.4 Å². The third kappa shape index (κ3) is 4.05. The number of hydrogen-bond acceptors (Lipinski definition) is 6. The third-order valence-electron chi connectivity index (χ3n) is 3.21. The second-order valence-corrected chi connectivity index (χ2v) is 5.26. The number of methoxy groups -OCH3 is 1. The van der Waals surface area contributed by atoms with E-state index in [1.165, 1.54) is 0 Å². The molecule has 0 bridgehead atoms. The van der Waals surface area contributed by atoms with Crippen molar-refractivity contribution in [1.29, 1.82) is 0 Å². The molecule has 7 heteroatoms. The number of rotatable bonds is 8. The van der Waals surface area contributed by atoms with Crippen LogP contribution in [0.3, 0.4) is 0 Å². The highest BCUT2D eigenvalue weighted by molar-refractivity contribution is 5.65. The fourth-order valence-corrected chi connectivity index (χ4v) is 2.00. The lowest BCUT2D eigenvalue weighted by Gasteiger charge is -2.23. The molecule has 3 N–H and O–H groups in total. The van der Waals surface area contributed by atoms with Crippen molar-refractivity contribution in [1.82, 2.24) is 14.4 Å². The smallest absolute Gasteiger partial charge is 0.180 e. The monoisotopic (exact) mass is 293 g/mol. The zero-order valence-electron chi connectivity index (χ0n) is 12.8. The van der Waals surface area contributed by atoms with Gasteiger partial charge in [0.2, 0.25) is 0 Å². The van der Waals surface area contributed by atoms with E-state index in [9.17, 15) is 5.11 Å². The quantitative estimate of drug-likeness (QED) is 0.681. The zero-order chi connectivity index (χ0) is 15.3. The van der Waals surface area contributed by atoms with Crippen molar-refractivity contribution in [2.45, 2.75) is 25.9 Å². The molecule has 0 aliphatic carbocycles. The molecule has 7 nitrogen and oxygen atoms in total. The summed E-state index contributed by atoms with van der Waals surface area (Å²) in [7, 11) is 1.62. The minimum Gasteiger partial charge on any atom is -0.388 e. The van der Waals surface area contributed by atoms with Gasteiger partial charge in [-0.1, -0.05) is 0 Å². The van der Waals surface area contributed by atoms with Crippen LogP contribution >= 0.6 is 0 Å². The van der Waals surface area contributed by atoms with Gasteiger partial charge < -0.3 is 24.9 Å². The van der Waals surface area contributed by atoms with Crippen molar-refractivity contribution < 1.29 is 9.84 Å². The zero-order valence-corrected chi connectivity index (χ0v) is 12.8. The predicted molar refractivity (Wildman–Crippen MR) is 82.8 cm³/mol. The summed E-state index contributed by atoms with van der Waals surface area (Å²) in [5, 5.41) is 16.6. The predicted octanol–water partition coefficient (Wildman–Crippen LogP) is 1.36. The van der Waals surface area contributed by atoms with Gasteiger partial charge in [0, 0.05) is 45.6 Å². The molecule has 0 saturated heterocycles. The number of imidazole rings is 1. The Morgan fingerprint density at radius 1 is 1.43 bits per heavy atom. The summed E-state index contributed by atoms with van der Waals surface area (Å²) < 4.78 is 6.91. The average Bonchev–Trinajstić information content (AvgIpc) is 2.91. The molecule has 1 unspecified atom stereocenters. The van der Waals surface area contributed by atoms with Crippen molar-refractivity contribution in [2.24, 2.45) is 0 Å². The Kier molecular flexibility index (Phi) is 4.98. The lowest BCUT2D eigenvalue weighted by Crippen LogP contribution is -2.35. The van der Waals surface area contributed by atoms with Gasteiger partial charge in [-0.15, -0.1) is 0 Å². The molecule has 2 aromatic heterocycles. The van der Waals surface area contributed by atoms with E-state index in [0.717, 1.165) is 18.0 Å². The molecule has 0 spiro atoms. The molecule has 0 amide bonds. The van der Waals surface area contributed by atoms with Gasteiger partial charge in [-0.3, -0.25) is 0 Å². The summed E-state index contributed by atoms with van der Waals surface area (Å²) in [5.41, 5.74) is -0.130. The topological polar surface area (TPSA) is 83.7 Å². The minimum atomic E-state index is -0.866. The minimum absolute atomic E-state index is 0.376. The van der Waals surface area contributed by atoms with Crippen LogP contribution in [0.15, 0.2) is 18.6 Å². The molecule has 0 fully saturated rings. The lowest BCUT2D eigenvalue weighted by atomic mass is 10.0. The molecule has 0 radical (unpaired) electrons.